The molecule has 2 saturated heterocycles. The van der Waals surface area contributed by atoms with E-state index in [2.05, 4.69) is 15.6 Å². The maximum Gasteiger partial charge on any atom is 0.252 e. The van der Waals surface area contributed by atoms with Crippen LogP contribution in [0.2, 0.25) is 0 Å². The summed E-state index contributed by atoms with van der Waals surface area (Å²) in [5.41, 5.74) is 8.12. The lowest BCUT2D eigenvalue weighted by atomic mass is 9.77. The van der Waals surface area contributed by atoms with Gasteiger partial charge in [-0.15, -0.1) is 24.8 Å². The Labute approximate surface area is 161 Å². The number of halogens is 2. The van der Waals surface area contributed by atoms with Gasteiger partial charge >= 0.3 is 0 Å². The first-order valence-electron chi connectivity index (χ1n) is 8.33. The van der Waals surface area contributed by atoms with Crippen molar-refractivity contribution in [1.82, 2.24) is 10.3 Å². The molecule has 3 rings (SSSR count). The number of carbonyl (C=O) groups excluding carboxylic acids is 1. The van der Waals surface area contributed by atoms with Crippen molar-refractivity contribution in [2.45, 2.75) is 39.2 Å². The number of primary amides is 1. The maximum atomic E-state index is 11.6. The predicted molar refractivity (Wildman–Crippen MR) is 104 cm³/mol. The first-order valence-corrected chi connectivity index (χ1v) is 8.33. The lowest BCUT2D eigenvalue weighted by Crippen LogP contribution is -2.37. The summed E-state index contributed by atoms with van der Waals surface area (Å²) in [4.78, 5) is 16.1. The fourth-order valence-corrected chi connectivity index (χ4v) is 3.57. The summed E-state index contributed by atoms with van der Waals surface area (Å²) in [6.45, 7) is 7.51. The molecule has 2 aliphatic heterocycles. The molecule has 25 heavy (non-hydrogen) atoms. The molecule has 1 aromatic rings. The van der Waals surface area contributed by atoms with E-state index in [1.54, 1.807) is 6.07 Å². The molecule has 4 N–H and O–H groups in total. The van der Waals surface area contributed by atoms with E-state index in [0.29, 0.717) is 23.3 Å². The molecule has 0 aliphatic carbocycles. The predicted octanol–water partition coefficient (Wildman–Crippen LogP) is 2.21. The van der Waals surface area contributed by atoms with Gasteiger partial charge < -0.3 is 21.1 Å². The topological polar surface area (TPSA) is 89.3 Å². The fraction of sp³-hybridized carbons (Fsp3) is 0.647. The molecule has 6 nitrogen and oxygen atoms in total. The largest absolute Gasteiger partial charge is 0.376 e. The molecule has 2 fully saturated rings. The average Bonchev–Trinajstić information content (AvgIpc) is 2.91. The van der Waals surface area contributed by atoms with Crippen LogP contribution in [0.4, 0.5) is 5.82 Å². The first kappa shape index (κ1) is 22.0. The maximum absolute atomic E-state index is 11.6. The molecule has 3 heterocycles. The van der Waals surface area contributed by atoms with E-state index in [4.69, 9.17) is 10.5 Å². The molecule has 0 aromatic carbocycles. The Morgan fingerprint density at radius 1 is 1.40 bits per heavy atom. The van der Waals surface area contributed by atoms with Gasteiger partial charge in [0.2, 0.25) is 0 Å². The van der Waals surface area contributed by atoms with Gasteiger partial charge in [0.25, 0.3) is 5.91 Å². The lowest BCUT2D eigenvalue weighted by molar-refractivity contribution is 0.0923. The summed E-state index contributed by atoms with van der Waals surface area (Å²) in [7, 11) is 0. The SMILES string of the molecule is Cc1cc(C(N)=O)c(NCC2CC3(CCNCC3)CO2)nc1C.Cl.Cl. The number of aromatic nitrogens is 1. The van der Waals surface area contributed by atoms with Crippen molar-refractivity contribution in [3.8, 4) is 0 Å². The smallest absolute Gasteiger partial charge is 0.252 e. The van der Waals surface area contributed by atoms with E-state index in [-0.39, 0.29) is 30.9 Å². The number of pyridine rings is 1. The third-order valence-corrected chi connectivity index (χ3v) is 5.18. The zero-order chi connectivity index (χ0) is 16.4. The van der Waals surface area contributed by atoms with E-state index < -0.39 is 5.91 Å². The second-order valence-corrected chi connectivity index (χ2v) is 6.92. The van der Waals surface area contributed by atoms with Gasteiger partial charge in [-0.2, -0.15) is 0 Å². The Morgan fingerprint density at radius 2 is 2.08 bits per heavy atom. The van der Waals surface area contributed by atoms with Crippen molar-refractivity contribution < 1.29 is 9.53 Å². The van der Waals surface area contributed by atoms with Crippen LogP contribution in [0.25, 0.3) is 0 Å². The summed E-state index contributed by atoms with van der Waals surface area (Å²) < 4.78 is 5.99. The number of hydrogen-bond donors (Lipinski definition) is 3. The van der Waals surface area contributed by atoms with Gasteiger partial charge in [-0.3, -0.25) is 4.79 Å². The monoisotopic (exact) mass is 390 g/mol. The van der Waals surface area contributed by atoms with Crippen LogP contribution in [0, 0.1) is 19.3 Å². The minimum absolute atomic E-state index is 0. The van der Waals surface area contributed by atoms with Gasteiger partial charge in [0.15, 0.2) is 0 Å². The number of rotatable bonds is 4. The molecule has 2 aliphatic rings. The van der Waals surface area contributed by atoms with Crippen LogP contribution in [-0.2, 0) is 4.74 Å². The van der Waals surface area contributed by atoms with Crippen molar-refractivity contribution in [3.63, 3.8) is 0 Å². The first-order chi connectivity index (χ1) is 11.0. The summed E-state index contributed by atoms with van der Waals surface area (Å²) >= 11 is 0. The number of ether oxygens (including phenoxy) is 1. The second-order valence-electron chi connectivity index (χ2n) is 6.92. The normalized spacial score (nSPS) is 21.3. The molecule has 0 bridgehead atoms. The Balaban J connectivity index is 0.00000156. The molecule has 0 radical (unpaired) electrons. The third kappa shape index (κ3) is 4.97. The van der Waals surface area contributed by atoms with Crippen LogP contribution in [0.3, 0.4) is 0 Å². The highest BCUT2D eigenvalue weighted by Gasteiger charge is 2.40. The van der Waals surface area contributed by atoms with E-state index in [1.165, 1.54) is 12.8 Å². The number of nitrogens with one attached hydrogen (secondary N) is 2. The molecule has 1 unspecified atom stereocenters. The zero-order valence-corrected chi connectivity index (χ0v) is 16.4. The third-order valence-electron chi connectivity index (χ3n) is 5.18. The van der Waals surface area contributed by atoms with Crippen LogP contribution < -0.4 is 16.4 Å². The Bertz CT molecular complexity index is 607. The van der Waals surface area contributed by atoms with Gasteiger partial charge in [-0.05, 0) is 63.2 Å². The van der Waals surface area contributed by atoms with Crippen LogP contribution in [0.15, 0.2) is 6.07 Å². The molecule has 1 amide bonds. The number of hydrogen-bond acceptors (Lipinski definition) is 5. The molecule has 1 aromatic heterocycles. The number of aryl methyl sites for hydroxylation is 2. The van der Waals surface area contributed by atoms with Crippen molar-refractivity contribution >= 4 is 36.5 Å². The van der Waals surface area contributed by atoms with E-state index in [9.17, 15) is 4.79 Å². The van der Waals surface area contributed by atoms with Crippen molar-refractivity contribution in [3.05, 3.63) is 22.9 Å². The molecule has 8 heteroatoms. The average molecular weight is 391 g/mol. The van der Waals surface area contributed by atoms with Crippen molar-refractivity contribution in [2.75, 3.05) is 31.6 Å². The standard InChI is InChI=1S/C17H26N4O2.2ClH/c1-11-7-14(15(18)22)16(21-12(11)2)20-9-13-8-17(10-23-13)3-5-19-6-4-17;;/h7,13,19H,3-6,8-10H2,1-2H3,(H2,18,22)(H,20,21);2*1H. The number of piperidine rings is 1. The Hall–Kier alpha value is -1.08. The fourth-order valence-electron chi connectivity index (χ4n) is 3.57. The highest BCUT2D eigenvalue weighted by molar-refractivity contribution is 5.97. The van der Waals surface area contributed by atoms with Crippen molar-refractivity contribution in [1.29, 1.82) is 0 Å². The highest BCUT2D eigenvalue weighted by atomic mass is 35.5. The number of carbonyl (C=O) groups is 1. The van der Waals surface area contributed by atoms with Gasteiger partial charge in [0.1, 0.15) is 5.82 Å². The molecule has 1 atom stereocenters. The van der Waals surface area contributed by atoms with E-state index in [1.807, 2.05) is 13.8 Å². The molecule has 0 saturated carbocycles. The highest BCUT2D eigenvalue weighted by Crippen LogP contribution is 2.40. The molecular weight excluding hydrogens is 363 g/mol. The van der Waals surface area contributed by atoms with Gasteiger partial charge in [-0.25, -0.2) is 4.98 Å². The van der Waals surface area contributed by atoms with Crippen LogP contribution in [-0.4, -0.2) is 43.2 Å². The van der Waals surface area contributed by atoms with Crippen LogP contribution in [0.5, 0.6) is 0 Å². The van der Waals surface area contributed by atoms with Gasteiger partial charge in [0, 0.05) is 12.2 Å². The van der Waals surface area contributed by atoms with Gasteiger partial charge in [-0.1, -0.05) is 0 Å². The van der Waals surface area contributed by atoms with Crippen LogP contribution >= 0.6 is 24.8 Å². The number of anilines is 1. The van der Waals surface area contributed by atoms with Crippen molar-refractivity contribution in [2.24, 2.45) is 11.1 Å². The summed E-state index contributed by atoms with van der Waals surface area (Å²) in [5, 5.41) is 6.68. The number of nitrogens with two attached hydrogens (primary N) is 1. The number of nitrogens with zero attached hydrogens (tertiary/aromatic N) is 1. The number of amides is 1. The summed E-state index contributed by atoms with van der Waals surface area (Å²) in [6, 6.07) is 1.80. The lowest BCUT2D eigenvalue weighted by Gasteiger charge is -2.32. The minimum atomic E-state index is -0.453. The van der Waals surface area contributed by atoms with Gasteiger partial charge in [0.05, 0.1) is 18.3 Å². The Kier molecular flexibility index (Phi) is 7.93. The quantitative estimate of drug-likeness (QED) is 0.732. The molecule has 142 valence electrons. The summed E-state index contributed by atoms with van der Waals surface area (Å²) in [5.74, 6) is 0.112. The van der Waals surface area contributed by atoms with E-state index >= 15 is 0 Å². The molecular formula is C17H28Cl2N4O2. The zero-order valence-electron chi connectivity index (χ0n) is 14.8. The second kappa shape index (κ2) is 9.03. The Morgan fingerprint density at radius 3 is 2.72 bits per heavy atom. The minimum Gasteiger partial charge on any atom is -0.376 e. The summed E-state index contributed by atoms with van der Waals surface area (Å²) in [6.07, 6.45) is 3.59. The molecule has 1 spiro atoms. The van der Waals surface area contributed by atoms with E-state index in [0.717, 1.165) is 37.4 Å². The van der Waals surface area contributed by atoms with Crippen LogP contribution in [0.1, 0.15) is 40.9 Å².